The molecule has 0 atom stereocenters. The Labute approximate surface area is 132 Å². The standard InChI is InChI=1S/C17H24N4O/c1-4-6-11-20(13-15-9-7-8-10-18-15)17(22)16-12-14(3)19-21(16)5-2/h7-10,12H,4-6,11,13H2,1-3H3. The molecule has 2 heterocycles. The SMILES string of the molecule is CCCCN(Cc1ccccn1)C(=O)c1cc(C)nn1CC. The maximum absolute atomic E-state index is 12.9. The van der Waals surface area contributed by atoms with Crippen molar-refractivity contribution in [2.24, 2.45) is 0 Å². The van der Waals surface area contributed by atoms with E-state index in [1.807, 2.05) is 43.0 Å². The fourth-order valence-electron chi connectivity index (χ4n) is 2.41. The molecule has 2 aromatic heterocycles. The van der Waals surface area contributed by atoms with Gasteiger partial charge in [0.1, 0.15) is 5.69 Å². The number of carbonyl (C=O) groups excluding carboxylic acids is 1. The predicted octanol–water partition coefficient (Wildman–Crippen LogP) is 3.05. The van der Waals surface area contributed by atoms with Crippen LogP contribution < -0.4 is 0 Å². The van der Waals surface area contributed by atoms with Crippen molar-refractivity contribution in [3.63, 3.8) is 0 Å². The summed E-state index contributed by atoms with van der Waals surface area (Å²) in [6, 6.07) is 7.65. The normalized spacial score (nSPS) is 10.7. The maximum atomic E-state index is 12.9. The highest BCUT2D eigenvalue weighted by atomic mass is 16.2. The van der Waals surface area contributed by atoms with Crippen LogP contribution in [0.2, 0.25) is 0 Å². The van der Waals surface area contributed by atoms with Crippen molar-refractivity contribution in [2.45, 2.75) is 46.7 Å². The summed E-state index contributed by atoms with van der Waals surface area (Å²) in [7, 11) is 0. The average molecular weight is 300 g/mol. The van der Waals surface area contributed by atoms with E-state index in [1.54, 1.807) is 10.9 Å². The molecular weight excluding hydrogens is 276 g/mol. The van der Waals surface area contributed by atoms with Crippen LogP contribution in [0.15, 0.2) is 30.5 Å². The van der Waals surface area contributed by atoms with E-state index in [4.69, 9.17) is 0 Å². The summed E-state index contributed by atoms with van der Waals surface area (Å²) in [5.74, 6) is 0.0292. The lowest BCUT2D eigenvalue weighted by Gasteiger charge is -2.22. The quantitative estimate of drug-likeness (QED) is 0.789. The van der Waals surface area contributed by atoms with Crippen molar-refractivity contribution < 1.29 is 4.79 Å². The molecule has 0 saturated carbocycles. The minimum Gasteiger partial charge on any atom is -0.331 e. The van der Waals surface area contributed by atoms with Crippen molar-refractivity contribution in [1.82, 2.24) is 19.7 Å². The zero-order valence-corrected chi connectivity index (χ0v) is 13.6. The van der Waals surface area contributed by atoms with E-state index < -0.39 is 0 Å². The largest absolute Gasteiger partial charge is 0.331 e. The van der Waals surface area contributed by atoms with Gasteiger partial charge >= 0.3 is 0 Å². The molecule has 5 heteroatoms. The van der Waals surface area contributed by atoms with Crippen LogP contribution in [0.1, 0.15) is 48.6 Å². The molecule has 0 N–H and O–H groups in total. The third-order valence-corrected chi connectivity index (χ3v) is 3.57. The van der Waals surface area contributed by atoms with Crippen LogP contribution in [0, 0.1) is 6.92 Å². The third kappa shape index (κ3) is 3.93. The Morgan fingerprint density at radius 2 is 2.14 bits per heavy atom. The zero-order valence-electron chi connectivity index (χ0n) is 13.6. The van der Waals surface area contributed by atoms with Gasteiger partial charge < -0.3 is 4.90 Å². The number of aryl methyl sites for hydroxylation is 2. The number of hydrogen-bond donors (Lipinski definition) is 0. The minimum atomic E-state index is 0.0292. The molecule has 0 aromatic carbocycles. The van der Waals surface area contributed by atoms with E-state index in [1.165, 1.54) is 0 Å². The number of unbranched alkanes of at least 4 members (excludes halogenated alkanes) is 1. The lowest BCUT2D eigenvalue weighted by molar-refractivity contribution is 0.0726. The number of aromatic nitrogens is 3. The highest BCUT2D eigenvalue weighted by molar-refractivity contribution is 5.92. The van der Waals surface area contributed by atoms with Crippen LogP contribution in [0.25, 0.3) is 0 Å². The molecule has 0 bridgehead atoms. The molecule has 0 saturated heterocycles. The topological polar surface area (TPSA) is 51.0 Å². The van der Waals surface area contributed by atoms with Crippen LogP contribution in [0.5, 0.6) is 0 Å². The van der Waals surface area contributed by atoms with E-state index in [9.17, 15) is 4.79 Å². The van der Waals surface area contributed by atoms with Gasteiger partial charge in [-0.25, -0.2) is 0 Å². The second kappa shape index (κ2) is 7.73. The number of nitrogens with zero attached hydrogens (tertiary/aromatic N) is 4. The van der Waals surface area contributed by atoms with Gasteiger partial charge in [-0.1, -0.05) is 19.4 Å². The monoisotopic (exact) mass is 300 g/mol. The molecule has 0 fully saturated rings. The summed E-state index contributed by atoms with van der Waals surface area (Å²) in [4.78, 5) is 19.1. The molecule has 0 aliphatic heterocycles. The summed E-state index contributed by atoms with van der Waals surface area (Å²) in [5, 5.41) is 4.37. The number of hydrogen-bond acceptors (Lipinski definition) is 3. The Balaban J connectivity index is 2.22. The second-order valence-electron chi connectivity index (χ2n) is 5.39. The molecule has 2 aromatic rings. The highest BCUT2D eigenvalue weighted by Gasteiger charge is 2.20. The van der Waals surface area contributed by atoms with E-state index in [0.29, 0.717) is 18.8 Å². The van der Waals surface area contributed by atoms with E-state index >= 15 is 0 Å². The molecule has 5 nitrogen and oxygen atoms in total. The maximum Gasteiger partial charge on any atom is 0.272 e. The summed E-state index contributed by atoms with van der Waals surface area (Å²) in [6.45, 7) is 8.01. The summed E-state index contributed by atoms with van der Waals surface area (Å²) in [6.07, 6.45) is 3.80. The molecular formula is C17H24N4O. The number of pyridine rings is 1. The fraction of sp³-hybridized carbons (Fsp3) is 0.471. The Kier molecular flexibility index (Phi) is 5.69. The number of rotatable bonds is 7. The van der Waals surface area contributed by atoms with Crippen LogP contribution in [0.4, 0.5) is 0 Å². The van der Waals surface area contributed by atoms with Crippen LogP contribution >= 0.6 is 0 Å². The van der Waals surface area contributed by atoms with Crippen molar-refractivity contribution in [2.75, 3.05) is 6.54 Å². The first-order valence-corrected chi connectivity index (χ1v) is 7.89. The molecule has 22 heavy (non-hydrogen) atoms. The fourth-order valence-corrected chi connectivity index (χ4v) is 2.41. The first-order valence-electron chi connectivity index (χ1n) is 7.89. The summed E-state index contributed by atoms with van der Waals surface area (Å²) < 4.78 is 1.77. The lowest BCUT2D eigenvalue weighted by Crippen LogP contribution is -2.33. The zero-order chi connectivity index (χ0) is 15.9. The third-order valence-electron chi connectivity index (χ3n) is 3.57. The van der Waals surface area contributed by atoms with Gasteiger partial charge in [0.05, 0.1) is 17.9 Å². The molecule has 0 radical (unpaired) electrons. The van der Waals surface area contributed by atoms with E-state index in [2.05, 4.69) is 17.0 Å². The van der Waals surface area contributed by atoms with Crippen molar-refractivity contribution in [3.8, 4) is 0 Å². The van der Waals surface area contributed by atoms with Gasteiger partial charge in [0, 0.05) is 19.3 Å². The number of carbonyl (C=O) groups is 1. The van der Waals surface area contributed by atoms with Gasteiger partial charge in [-0.2, -0.15) is 5.10 Å². The highest BCUT2D eigenvalue weighted by Crippen LogP contribution is 2.12. The second-order valence-corrected chi connectivity index (χ2v) is 5.39. The minimum absolute atomic E-state index is 0.0292. The molecule has 0 aliphatic rings. The molecule has 2 rings (SSSR count). The first kappa shape index (κ1) is 16.2. The first-order chi connectivity index (χ1) is 10.7. The Bertz CT molecular complexity index is 606. The molecule has 118 valence electrons. The Morgan fingerprint density at radius 1 is 1.32 bits per heavy atom. The molecule has 0 unspecified atom stereocenters. The average Bonchev–Trinajstić information content (AvgIpc) is 2.92. The van der Waals surface area contributed by atoms with Gasteiger partial charge in [-0.05, 0) is 38.5 Å². The Morgan fingerprint density at radius 3 is 2.77 bits per heavy atom. The van der Waals surface area contributed by atoms with Crippen molar-refractivity contribution in [3.05, 3.63) is 47.5 Å². The Hall–Kier alpha value is -2.17. The van der Waals surface area contributed by atoms with Crippen molar-refractivity contribution in [1.29, 1.82) is 0 Å². The van der Waals surface area contributed by atoms with Gasteiger partial charge in [0.25, 0.3) is 5.91 Å². The van der Waals surface area contributed by atoms with Crippen molar-refractivity contribution >= 4 is 5.91 Å². The summed E-state index contributed by atoms with van der Waals surface area (Å²) in [5.41, 5.74) is 2.44. The molecule has 0 aliphatic carbocycles. The molecule has 0 spiro atoms. The predicted molar refractivity (Wildman–Crippen MR) is 86.5 cm³/mol. The summed E-state index contributed by atoms with van der Waals surface area (Å²) >= 11 is 0. The van der Waals surface area contributed by atoms with Crippen LogP contribution in [-0.2, 0) is 13.1 Å². The van der Waals surface area contributed by atoms with Gasteiger partial charge in [-0.3, -0.25) is 14.5 Å². The number of amides is 1. The van der Waals surface area contributed by atoms with Gasteiger partial charge in [0.15, 0.2) is 0 Å². The van der Waals surface area contributed by atoms with Gasteiger partial charge in [0.2, 0.25) is 0 Å². The van der Waals surface area contributed by atoms with E-state index in [0.717, 1.165) is 30.8 Å². The smallest absolute Gasteiger partial charge is 0.272 e. The molecule has 1 amide bonds. The lowest BCUT2D eigenvalue weighted by atomic mass is 10.2. The van der Waals surface area contributed by atoms with Crippen LogP contribution in [-0.4, -0.2) is 32.1 Å². The van der Waals surface area contributed by atoms with E-state index in [-0.39, 0.29) is 5.91 Å². The van der Waals surface area contributed by atoms with Crippen LogP contribution in [0.3, 0.4) is 0 Å². The van der Waals surface area contributed by atoms with Gasteiger partial charge in [-0.15, -0.1) is 0 Å².